The summed E-state index contributed by atoms with van der Waals surface area (Å²) < 4.78 is 4.69. The van der Waals surface area contributed by atoms with Gasteiger partial charge in [-0.1, -0.05) is 18.2 Å². The van der Waals surface area contributed by atoms with Gasteiger partial charge in [0.15, 0.2) is 0 Å². The summed E-state index contributed by atoms with van der Waals surface area (Å²) in [5.74, 6) is 0.107. The van der Waals surface area contributed by atoms with Crippen molar-refractivity contribution in [3.8, 4) is 5.75 Å². The fraction of sp³-hybridized carbons (Fsp3) is 0.125. The number of hydrogen-bond donors (Lipinski definition) is 3. The van der Waals surface area contributed by atoms with Crippen LogP contribution in [0.25, 0.3) is 0 Å². The summed E-state index contributed by atoms with van der Waals surface area (Å²) in [6.07, 6.45) is -0.885. The molecule has 0 bridgehead atoms. The van der Waals surface area contributed by atoms with E-state index in [1.165, 1.54) is 12.1 Å². The Labute approximate surface area is 128 Å². The van der Waals surface area contributed by atoms with Gasteiger partial charge in [0.25, 0.3) is 5.91 Å². The highest BCUT2D eigenvalue weighted by atomic mass is 16.5. The van der Waals surface area contributed by atoms with Gasteiger partial charge in [0.2, 0.25) is 0 Å². The Morgan fingerprint density at radius 1 is 0.955 bits per heavy atom. The topological polar surface area (TPSA) is 93.5 Å². The van der Waals surface area contributed by atoms with E-state index in [9.17, 15) is 9.59 Å². The lowest BCUT2D eigenvalue weighted by Gasteiger charge is -2.08. The van der Waals surface area contributed by atoms with Gasteiger partial charge in [-0.25, -0.2) is 4.79 Å². The molecule has 114 valence electrons. The normalized spacial score (nSPS) is 9.82. The molecule has 0 fully saturated rings. The maximum Gasteiger partial charge on any atom is 0.409 e. The first-order valence-corrected chi connectivity index (χ1v) is 6.79. The molecule has 22 heavy (non-hydrogen) atoms. The molecular weight excluding hydrogens is 282 g/mol. The van der Waals surface area contributed by atoms with Gasteiger partial charge in [0.1, 0.15) is 5.75 Å². The number of amides is 2. The molecule has 2 aromatic rings. The quantitative estimate of drug-likeness (QED) is 0.711. The van der Waals surface area contributed by atoms with Crippen LogP contribution in [0.3, 0.4) is 0 Å². The third-order valence-corrected chi connectivity index (χ3v) is 2.85. The Morgan fingerprint density at radius 3 is 2.27 bits per heavy atom. The van der Waals surface area contributed by atoms with Crippen LogP contribution in [0.15, 0.2) is 54.6 Å². The second kappa shape index (κ2) is 7.68. The third-order valence-electron chi connectivity index (χ3n) is 2.85. The van der Waals surface area contributed by atoms with Crippen LogP contribution < -0.4 is 21.1 Å². The molecule has 0 aliphatic heterocycles. The second-order valence-corrected chi connectivity index (χ2v) is 4.49. The number of carbonyl (C=O) groups excluding carboxylic acids is 2. The number of hydrogen-bond acceptors (Lipinski definition) is 4. The summed E-state index contributed by atoms with van der Waals surface area (Å²) in [4.78, 5) is 22.5. The number of ether oxygens (including phenoxy) is 1. The molecule has 6 nitrogen and oxygen atoms in total. The standard InChI is InChI=1S/C16H17N3O3/c17-16(21)22-14-8-6-12(7-9-14)15(20)19-11-10-18-13-4-2-1-3-5-13/h1-9,18H,10-11H2,(H2,17,21)(H,19,20). The molecule has 4 N–H and O–H groups in total. The van der Waals surface area contributed by atoms with Gasteiger partial charge in [-0.15, -0.1) is 0 Å². The van der Waals surface area contributed by atoms with Crippen LogP contribution in [-0.4, -0.2) is 25.1 Å². The number of carbonyl (C=O) groups is 2. The average molecular weight is 299 g/mol. The van der Waals surface area contributed by atoms with E-state index in [-0.39, 0.29) is 5.91 Å². The lowest BCUT2D eigenvalue weighted by molar-refractivity contribution is 0.0955. The van der Waals surface area contributed by atoms with Crippen molar-refractivity contribution in [1.82, 2.24) is 5.32 Å². The molecule has 0 aliphatic rings. The monoisotopic (exact) mass is 299 g/mol. The van der Waals surface area contributed by atoms with Crippen LogP contribution in [0.2, 0.25) is 0 Å². The van der Waals surface area contributed by atoms with Gasteiger partial charge in [-0.3, -0.25) is 4.79 Å². The minimum atomic E-state index is -0.885. The van der Waals surface area contributed by atoms with E-state index in [0.717, 1.165) is 5.69 Å². The van der Waals surface area contributed by atoms with Gasteiger partial charge >= 0.3 is 6.09 Å². The fourth-order valence-corrected chi connectivity index (χ4v) is 1.83. The zero-order valence-electron chi connectivity index (χ0n) is 11.9. The average Bonchev–Trinajstić information content (AvgIpc) is 2.52. The van der Waals surface area contributed by atoms with Crippen LogP contribution in [-0.2, 0) is 0 Å². The predicted octanol–water partition coefficient (Wildman–Crippen LogP) is 1.99. The second-order valence-electron chi connectivity index (χ2n) is 4.49. The molecule has 0 unspecified atom stereocenters. The Bertz CT molecular complexity index is 627. The zero-order chi connectivity index (χ0) is 15.8. The summed E-state index contributed by atoms with van der Waals surface area (Å²) in [6.45, 7) is 1.12. The highest BCUT2D eigenvalue weighted by Gasteiger charge is 2.05. The van der Waals surface area contributed by atoms with Gasteiger partial charge in [-0.2, -0.15) is 0 Å². The Kier molecular flexibility index (Phi) is 5.37. The van der Waals surface area contributed by atoms with Crippen LogP contribution in [0, 0.1) is 0 Å². The molecule has 0 aliphatic carbocycles. The molecule has 6 heteroatoms. The molecule has 0 saturated heterocycles. The highest BCUT2D eigenvalue weighted by molar-refractivity contribution is 5.94. The number of benzene rings is 2. The molecule has 0 saturated carbocycles. The summed E-state index contributed by atoms with van der Waals surface area (Å²) in [7, 11) is 0. The van der Waals surface area contributed by atoms with Gasteiger partial charge in [0, 0.05) is 24.3 Å². The van der Waals surface area contributed by atoms with Crippen molar-refractivity contribution in [1.29, 1.82) is 0 Å². The SMILES string of the molecule is NC(=O)Oc1ccc(C(=O)NCCNc2ccccc2)cc1. The van der Waals surface area contributed by atoms with Crippen molar-refractivity contribution >= 4 is 17.7 Å². The highest BCUT2D eigenvalue weighted by Crippen LogP contribution is 2.12. The first-order chi connectivity index (χ1) is 10.6. The van der Waals surface area contributed by atoms with Gasteiger partial charge in [-0.05, 0) is 36.4 Å². The molecule has 2 amide bonds. The van der Waals surface area contributed by atoms with E-state index < -0.39 is 6.09 Å². The number of nitrogens with two attached hydrogens (primary N) is 1. The molecule has 2 aromatic carbocycles. The molecule has 0 atom stereocenters. The molecule has 0 radical (unpaired) electrons. The van der Waals surface area contributed by atoms with Gasteiger partial charge in [0.05, 0.1) is 0 Å². The minimum Gasteiger partial charge on any atom is -0.411 e. The van der Waals surface area contributed by atoms with Crippen LogP contribution in [0.1, 0.15) is 10.4 Å². The fourth-order valence-electron chi connectivity index (χ4n) is 1.83. The van der Waals surface area contributed by atoms with Crippen LogP contribution >= 0.6 is 0 Å². The third kappa shape index (κ3) is 4.82. The van der Waals surface area contributed by atoms with E-state index >= 15 is 0 Å². The van der Waals surface area contributed by atoms with E-state index in [0.29, 0.717) is 24.4 Å². The zero-order valence-corrected chi connectivity index (χ0v) is 11.9. The lowest BCUT2D eigenvalue weighted by atomic mass is 10.2. The van der Waals surface area contributed by atoms with E-state index in [2.05, 4.69) is 10.6 Å². The smallest absolute Gasteiger partial charge is 0.409 e. The molecule has 0 spiro atoms. The number of anilines is 1. The van der Waals surface area contributed by atoms with Crippen LogP contribution in [0.4, 0.5) is 10.5 Å². The lowest BCUT2D eigenvalue weighted by Crippen LogP contribution is -2.28. The first-order valence-electron chi connectivity index (χ1n) is 6.79. The summed E-state index contributed by atoms with van der Waals surface area (Å²) in [5, 5.41) is 5.99. The summed E-state index contributed by atoms with van der Waals surface area (Å²) >= 11 is 0. The van der Waals surface area contributed by atoms with Crippen molar-refractivity contribution in [3.05, 3.63) is 60.2 Å². The molecule has 0 heterocycles. The van der Waals surface area contributed by atoms with Gasteiger partial charge < -0.3 is 21.1 Å². The summed E-state index contributed by atoms with van der Waals surface area (Å²) in [6, 6.07) is 15.9. The Hall–Kier alpha value is -3.02. The predicted molar refractivity (Wildman–Crippen MR) is 83.9 cm³/mol. The molecule has 0 aromatic heterocycles. The largest absolute Gasteiger partial charge is 0.411 e. The number of rotatable bonds is 6. The van der Waals surface area contributed by atoms with Crippen molar-refractivity contribution in [2.45, 2.75) is 0 Å². The Morgan fingerprint density at radius 2 is 1.64 bits per heavy atom. The van der Waals surface area contributed by atoms with Crippen LogP contribution in [0.5, 0.6) is 5.75 Å². The van der Waals surface area contributed by atoms with E-state index in [4.69, 9.17) is 10.5 Å². The van der Waals surface area contributed by atoms with Crippen molar-refractivity contribution < 1.29 is 14.3 Å². The van der Waals surface area contributed by atoms with Crippen molar-refractivity contribution in [2.75, 3.05) is 18.4 Å². The summed E-state index contributed by atoms with van der Waals surface area (Å²) in [5.41, 5.74) is 6.39. The molecular formula is C16H17N3O3. The van der Waals surface area contributed by atoms with E-state index in [1.54, 1.807) is 12.1 Å². The van der Waals surface area contributed by atoms with Crippen molar-refractivity contribution in [3.63, 3.8) is 0 Å². The van der Waals surface area contributed by atoms with E-state index in [1.807, 2.05) is 30.3 Å². The Balaban J connectivity index is 1.76. The number of primary amides is 1. The molecule has 2 rings (SSSR count). The maximum atomic E-state index is 11.9. The minimum absolute atomic E-state index is 0.194. The first kappa shape index (κ1) is 15.4. The number of nitrogens with one attached hydrogen (secondary N) is 2. The van der Waals surface area contributed by atoms with Crippen molar-refractivity contribution in [2.24, 2.45) is 5.73 Å². The number of para-hydroxylation sites is 1. The maximum absolute atomic E-state index is 11.9.